The first-order valence-electron chi connectivity index (χ1n) is 6.84. The Balaban J connectivity index is 2.61. The van der Waals surface area contributed by atoms with Gasteiger partial charge in [0.15, 0.2) is 5.78 Å². The van der Waals surface area contributed by atoms with Gasteiger partial charge in [0.25, 0.3) is 0 Å². The summed E-state index contributed by atoms with van der Waals surface area (Å²) in [4.78, 5) is 25.9. The average Bonchev–Trinajstić information content (AvgIpc) is 2.27. The minimum Gasteiger partial charge on any atom is -0.465 e. The van der Waals surface area contributed by atoms with E-state index in [9.17, 15) is 14.7 Å². The van der Waals surface area contributed by atoms with E-state index in [-0.39, 0.29) is 18.9 Å². The number of ether oxygens (including phenoxy) is 1. The number of carbonyl (C=O) groups is 2. The van der Waals surface area contributed by atoms with Crippen molar-refractivity contribution in [1.82, 2.24) is 4.90 Å². The molecule has 0 spiro atoms. The van der Waals surface area contributed by atoms with E-state index in [4.69, 9.17) is 4.74 Å². The van der Waals surface area contributed by atoms with E-state index in [2.05, 4.69) is 0 Å². The van der Waals surface area contributed by atoms with Gasteiger partial charge < -0.3 is 9.84 Å². The maximum Gasteiger partial charge on any atom is 0.319 e. The standard InChI is InChI=1S/C14H25NO4/c1-5-19-12(17)13(2,3)11(16)9-15-8-6-7-14(4,18)10-15/h18H,5-10H2,1-4H3. The lowest BCUT2D eigenvalue weighted by Gasteiger charge is -2.37. The second-order valence-electron chi connectivity index (χ2n) is 6.08. The van der Waals surface area contributed by atoms with E-state index < -0.39 is 17.0 Å². The van der Waals surface area contributed by atoms with Gasteiger partial charge in [-0.25, -0.2) is 0 Å². The van der Waals surface area contributed by atoms with Crippen LogP contribution in [0.15, 0.2) is 0 Å². The number of esters is 1. The summed E-state index contributed by atoms with van der Waals surface area (Å²) < 4.78 is 4.93. The Morgan fingerprint density at radius 1 is 1.42 bits per heavy atom. The van der Waals surface area contributed by atoms with E-state index in [1.807, 2.05) is 4.90 Å². The van der Waals surface area contributed by atoms with Crippen molar-refractivity contribution in [2.75, 3.05) is 26.2 Å². The van der Waals surface area contributed by atoms with Gasteiger partial charge in [0.05, 0.1) is 18.8 Å². The molecule has 1 fully saturated rings. The van der Waals surface area contributed by atoms with Crippen LogP contribution in [0.5, 0.6) is 0 Å². The summed E-state index contributed by atoms with van der Waals surface area (Å²) in [6.45, 7) is 8.39. The second kappa shape index (κ2) is 6.01. The first kappa shape index (κ1) is 16.1. The molecule has 0 saturated carbocycles. The monoisotopic (exact) mass is 271 g/mol. The predicted molar refractivity (Wildman–Crippen MR) is 71.7 cm³/mol. The van der Waals surface area contributed by atoms with Crippen LogP contribution in [0.1, 0.15) is 40.5 Å². The van der Waals surface area contributed by atoms with Crippen molar-refractivity contribution in [3.05, 3.63) is 0 Å². The highest BCUT2D eigenvalue weighted by Gasteiger charge is 2.39. The third-order valence-electron chi connectivity index (χ3n) is 3.60. The highest BCUT2D eigenvalue weighted by Crippen LogP contribution is 2.23. The van der Waals surface area contributed by atoms with E-state index in [1.54, 1.807) is 27.7 Å². The smallest absolute Gasteiger partial charge is 0.319 e. The molecule has 1 aliphatic rings. The first-order valence-corrected chi connectivity index (χ1v) is 6.84. The number of carbonyl (C=O) groups excluding carboxylic acids is 2. The molecule has 1 N–H and O–H groups in total. The van der Waals surface area contributed by atoms with Crippen LogP contribution in [-0.2, 0) is 14.3 Å². The minimum absolute atomic E-state index is 0.163. The van der Waals surface area contributed by atoms with Crippen LogP contribution in [0.3, 0.4) is 0 Å². The molecule has 1 atom stereocenters. The zero-order chi connectivity index (χ0) is 14.7. The number of β-amino-alcohol motifs (C(OH)–C–C–N with tert-alkyl or cyclic N) is 1. The van der Waals surface area contributed by atoms with Gasteiger partial charge in [-0.05, 0) is 47.1 Å². The Kier molecular flexibility index (Phi) is 5.10. The Hall–Kier alpha value is -0.940. The lowest BCUT2D eigenvalue weighted by molar-refractivity contribution is -0.158. The van der Waals surface area contributed by atoms with Gasteiger partial charge in [0.1, 0.15) is 5.41 Å². The van der Waals surface area contributed by atoms with Crippen molar-refractivity contribution in [2.45, 2.75) is 46.1 Å². The Morgan fingerprint density at radius 2 is 2.05 bits per heavy atom. The summed E-state index contributed by atoms with van der Waals surface area (Å²) in [6, 6.07) is 0. The predicted octanol–water partition coefficient (Wildman–Crippen LogP) is 0.992. The molecule has 19 heavy (non-hydrogen) atoms. The van der Waals surface area contributed by atoms with Gasteiger partial charge in [-0.3, -0.25) is 14.5 Å². The zero-order valence-electron chi connectivity index (χ0n) is 12.4. The van der Waals surface area contributed by atoms with E-state index in [0.29, 0.717) is 6.54 Å². The fraction of sp³-hybridized carbons (Fsp3) is 0.857. The molecular weight excluding hydrogens is 246 g/mol. The summed E-state index contributed by atoms with van der Waals surface area (Å²) >= 11 is 0. The number of ketones is 1. The molecule has 0 aromatic rings. The maximum atomic E-state index is 12.2. The summed E-state index contributed by atoms with van der Waals surface area (Å²) in [5.74, 6) is -0.646. The van der Waals surface area contributed by atoms with Crippen molar-refractivity contribution in [3.8, 4) is 0 Å². The molecule has 0 bridgehead atoms. The van der Waals surface area contributed by atoms with Gasteiger partial charge in [0, 0.05) is 6.54 Å². The third kappa shape index (κ3) is 4.28. The number of hydrogen-bond donors (Lipinski definition) is 1. The van der Waals surface area contributed by atoms with Crippen LogP contribution in [0, 0.1) is 5.41 Å². The molecule has 0 aromatic heterocycles. The van der Waals surface area contributed by atoms with Gasteiger partial charge in [-0.15, -0.1) is 0 Å². The fourth-order valence-electron chi connectivity index (χ4n) is 2.28. The number of piperidine rings is 1. The Morgan fingerprint density at radius 3 is 2.58 bits per heavy atom. The van der Waals surface area contributed by atoms with Gasteiger partial charge in [-0.1, -0.05) is 0 Å². The molecule has 5 nitrogen and oxygen atoms in total. The van der Waals surface area contributed by atoms with E-state index in [1.165, 1.54) is 0 Å². The highest BCUT2D eigenvalue weighted by molar-refractivity contribution is 6.03. The lowest BCUT2D eigenvalue weighted by Crippen LogP contribution is -2.50. The molecule has 1 rings (SSSR count). The van der Waals surface area contributed by atoms with Crippen LogP contribution in [0.2, 0.25) is 0 Å². The number of hydrogen-bond acceptors (Lipinski definition) is 5. The Bertz CT molecular complexity index is 349. The van der Waals surface area contributed by atoms with Gasteiger partial charge >= 0.3 is 5.97 Å². The summed E-state index contributed by atoms with van der Waals surface area (Å²) in [5, 5.41) is 10.0. The topological polar surface area (TPSA) is 66.8 Å². The van der Waals surface area contributed by atoms with E-state index in [0.717, 1.165) is 19.4 Å². The largest absolute Gasteiger partial charge is 0.465 e. The van der Waals surface area contributed by atoms with Gasteiger partial charge in [0.2, 0.25) is 0 Å². The first-order chi connectivity index (χ1) is 8.69. The van der Waals surface area contributed by atoms with Crippen molar-refractivity contribution in [1.29, 1.82) is 0 Å². The molecule has 5 heteroatoms. The molecule has 1 unspecified atom stereocenters. The lowest BCUT2D eigenvalue weighted by atomic mass is 9.87. The zero-order valence-corrected chi connectivity index (χ0v) is 12.4. The number of nitrogens with zero attached hydrogens (tertiary/aromatic N) is 1. The summed E-state index contributed by atoms with van der Waals surface area (Å²) in [5.41, 5.74) is -1.87. The van der Waals surface area contributed by atoms with E-state index >= 15 is 0 Å². The summed E-state index contributed by atoms with van der Waals surface area (Å²) in [7, 11) is 0. The van der Waals surface area contributed by atoms with Crippen molar-refractivity contribution >= 4 is 11.8 Å². The second-order valence-corrected chi connectivity index (χ2v) is 6.08. The van der Waals surface area contributed by atoms with Crippen molar-refractivity contribution in [3.63, 3.8) is 0 Å². The number of rotatable bonds is 5. The maximum absolute atomic E-state index is 12.2. The van der Waals surface area contributed by atoms with Crippen molar-refractivity contribution in [2.24, 2.45) is 5.41 Å². The Labute approximate surface area is 114 Å². The van der Waals surface area contributed by atoms with Crippen LogP contribution in [0.25, 0.3) is 0 Å². The normalized spacial score (nSPS) is 25.1. The quantitative estimate of drug-likeness (QED) is 0.596. The number of likely N-dealkylation sites (tertiary alicyclic amines) is 1. The fourth-order valence-corrected chi connectivity index (χ4v) is 2.28. The minimum atomic E-state index is -1.13. The molecule has 1 saturated heterocycles. The molecular formula is C14H25NO4. The molecule has 0 radical (unpaired) electrons. The molecule has 0 aliphatic carbocycles. The number of Topliss-reactive ketones (excluding diaryl/α,β-unsaturated/α-hetero) is 1. The molecule has 0 amide bonds. The molecule has 0 aromatic carbocycles. The summed E-state index contributed by atoms with van der Waals surface area (Å²) in [6.07, 6.45) is 1.61. The van der Waals surface area contributed by atoms with Crippen molar-refractivity contribution < 1.29 is 19.4 Å². The SMILES string of the molecule is CCOC(=O)C(C)(C)C(=O)CN1CCCC(C)(O)C1. The van der Waals surface area contributed by atoms with Crippen LogP contribution in [-0.4, -0.2) is 53.6 Å². The third-order valence-corrected chi connectivity index (χ3v) is 3.60. The number of aliphatic hydroxyl groups is 1. The molecule has 1 aliphatic heterocycles. The van der Waals surface area contributed by atoms with Crippen LogP contribution >= 0.6 is 0 Å². The highest BCUT2D eigenvalue weighted by atomic mass is 16.5. The average molecular weight is 271 g/mol. The van der Waals surface area contributed by atoms with Gasteiger partial charge in [-0.2, -0.15) is 0 Å². The van der Waals surface area contributed by atoms with Crippen LogP contribution < -0.4 is 0 Å². The molecule has 110 valence electrons. The molecule has 1 heterocycles. The van der Waals surface area contributed by atoms with Crippen LogP contribution in [0.4, 0.5) is 0 Å².